The fourth-order valence-corrected chi connectivity index (χ4v) is 5.32. The second kappa shape index (κ2) is 14.4. The van der Waals surface area contributed by atoms with Crippen molar-refractivity contribution in [1.82, 2.24) is 49.7 Å². The molecule has 0 aromatic carbocycles. The third-order valence-corrected chi connectivity index (χ3v) is 7.68. The number of aliphatic hydroxyl groups excluding tert-OH is 2. The van der Waals surface area contributed by atoms with E-state index in [-0.39, 0.29) is 71.6 Å². The summed E-state index contributed by atoms with van der Waals surface area (Å²) in [7, 11) is 0. The Balaban J connectivity index is 0.000000175. The summed E-state index contributed by atoms with van der Waals surface area (Å²) in [5.41, 5.74) is 0.212. The molecule has 6 heterocycles. The largest absolute Gasteiger partial charge is 0.391 e. The van der Waals surface area contributed by atoms with Gasteiger partial charge < -0.3 is 20.8 Å². The van der Waals surface area contributed by atoms with Gasteiger partial charge in [0.2, 0.25) is 0 Å². The zero-order valence-electron chi connectivity index (χ0n) is 23.9. The molecule has 0 saturated carbocycles. The lowest BCUT2D eigenvalue weighted by atomic mass is 9.97. The molecule has 0 bridgehead atoms. The summed E-state index contributed by atoms with van der Waals surface area (Å²) in [6.45, 7) is 1.45. The van der Waals surface area contributed by atoms with Gasteiger partial charge in [-0.25, -0.2) is 29.9 Å². The van der Waals surface area contributed by atoms with Crippen LogP contribution in [0, 0.1) is 0 Å². The van der Waals surface area contributed by atoms with Crippen molar-refractivity contribution in [2.45, 2.75) is 75.9 Å². The van der Waals surface area contributed by atoms with Gasteiger partial charge in [-0.15, -0.1) is 0 Å². The minimum absolute atomic E-state index is 0.0679. The summed E-state index contributed by atoms with van der Waals surface area (Å²) >= 11 is 0. The fraction of sp³-hybridized carbons (Fsp3) is 0.500. The Hall–Kier alpha value is -4.38. The van der Waals surface area contributed by atoms with E-state index in [0.717, 1.165) is 25.9 Å². The Morgan fingerprint density at radius 3 is 1.98 bits per heavy atom. The molecule has 16 heteroatoms. The van der Waals surface area contributed by atoms with Gasteiger partial charge in [0.25, 0.3) is 11.1 Å². The van der Waals surface area contributed by atoms with Gasteiger partial charge in [0.15, 0.2) is 22.7 Å². The smallest absolute Gasteiger partial charge is 0.280 e. The van der Waals surface area contributed by atoms with E-state index < -0.39 is 12.2 Å². The predicted octanol–water partition coefficient (Wildman–Crippen LogP) is -1.48. The topological polar surface area (TPSA) is 220 Å². The van der Waals surface area contributed by atoms with E-state index in [1.807, 2.05) is 0 Å². The molecule has 4 unspecified atom stereocenters. The van der Waals surface area contributed by atoms with Crippen LogP contribution in [-0.4, -0.2) is 98.2 Å². The molecule has 2 fully saturated rings. The van der Waals surface area contributed by atoms with Crippen molar-refractivity contribution in [1.29, 1.82) is 0 Å². The van der Waals surface area contributed by atoms with Gasteiger partial charge in [-0.05, 0) is 38.8 Å². The number of ketones is 2. The highest BCUT2D eigenvalue weighted by Crippen LogP contribution is 2.13. The zero-order valence-corrected chi connectivity index (χ0v) is 23.9. The maximum absolute atomic E-state index is 12.2. The number of piperidine rings is 2. The Morgan fingerprint density at radius 1 is 0.773 bits per heavy atom. The normalized spacial score (nSPS) is 21.9. The molecule has 2 aliphatic heterocycles. The lowest BCUT2D eigenvalue weighted by Crippen LogP contribution is -2.46. The number of Topliss-reactive ketones (excluding diaryl/α,β-unsaturated/α-hetero) is 2. The van der Waals surface area contributed by atoms with Crippen molar-refractivity contribution >= 4 is 33.6 Å². The van der Waals surface area contributed by atoms with Crippen molar-refractivity contribution in [3.05, 3.63) is 58.4 Å². The molecule has 4 aromatic heterocycles. The second-order valence-electron chi connectivity index (χ2n) is 10.9. The Labute approximate surface area is 250 Å². The molecule has 6 rings (SSSR count). The van der Waals surface area contributed by atoms with Crippen LogP contribution in [-0.2, 0) is 22.7 Å². The molecule has 44 heavy (non-hydrogen) atoms. The SMILES string of the molecule is O=C(CC1NCCCC1O)Cn1cnc2cncnc2c1=O.O=C(CC1NCCCC1O)Cn1cnc2ncncc2c1=O. The first-order valence-electron chi connectivity index (χ1n) is 14.5. The predicted molar refractivity (Wildman–Crippen MR) is 156 cm³/mol. The summed E-state index contributed by atoms with van der Waals surface area (Å²) < 4.78 is 2.50. The molecule has 0 spiro atoms. The van der Waals surface area contributed by atoms with Crippen LogP contribution in [0.2, 0.25) is 0 Å². The lowest BCUT2D eigenvalue weighted by molar-refractivity contribution is -0.121. The van der Waals surface area contributed by atoms with Gasteiger partial charge in [0.1, 0.15) is 29.9 Å². The first kappa shape index (κ1) is 31.1. The van der Waals surface area contributed by atoms with Gasteiger partial charge in [-0.1, -0.05) is 0 Å². The summed E-state index contributed by atoms with van der Waals surface area (Å²) in [4.78, 5) is 72.3. The molecule has 4 aromatic rings. The summed E-state index contributed by atoms with van der Waals surface area (Å²) in [5, 5.41) is 26.3. The van der Waals surface area contributed by atoms with E-state index in [1.165, 1.54) is 46.8 Å². The van der Waals surface area contributed by atoms with Gasteiger partial charge in [-0.2, -0.15) is 0 Å². The third-order valence-electron chi connectivity index (χ3n) is 7.68. The summed E-state index contributed by atoms with van der Waals surface area (Å²) in [5.74, 6) is -0.255. The number of carbonyl (C=O) groups is 2. The minimum Gasteiger partial charge on any atom is -0.391 e. The highest BCUT2D eigenvalue weighted by molar-refractivity contribution is 5.80. The van der Waals surface area contributed by atoms with E-state index in [4.69, 9.17) is 0 Å². The molecule has 0 radical (unpaired) electrons. The zero-order chi connectivity index (χ0) is 31.1. The molecule has 16 nitrogen and oxygen atoms in total. The van der Waals surface area contributed by atoms with E-state index >= 15 is 0 Å². The molecule has 0 aliphatic carbocycles. The van der Waals surface area contributed by atoms with Crippen LogP contribution in [0.3, 0.4) is 0 Å². The highest BCUT2D eigenvalue weighted by Gasteiger charge is 2.26. The first-order valence-corrected chi connectivity index (χ1v) is 14.5. The Bertz CT molecular complexity index is 1620. The number of hydrogen-bond donors (Lipinski definition) is 4. The number of aromatic nitrogens is 8. The maximum Gasteiger partial charge on any atom is 0.280 e. The average Bonchev–Trinajstić information content (AvgIpc) is 3.03. The standard InChI is InChI=1S/2C14H17N5O3/c20-9(4-11-12(21)2-1-3-16-11)6-19-8-18-13-10(14(19)22)5-15-7-17-13;20-9(4-10-12(21)2-1-3-16-10)6-19-8-18-11-5-15-7-17-13(11)14(19)22/h5,7-8,11-12,16,21H,1-4,6H2;5,7-8,10,12,16,21H,1-4,6H2. The Morgan fingerprint density at radius 2 is 1.34 bits per heavy atom. The number of rotatable bonds is 8. The second-order valence-corrected chi connectivity index (χ2v) is 10.9. The van der Waals surface area contributed by atoms with E-state index in [0.29, 0.717) is 24.0 Å². The lowest BCUT2D eigenvalue weighted by Gasteiger charge is -2.28. The number of carbonyl (C=O) groups excluding carboxylic acids is 2. The molecule has 232 valence electrons. The molecule has 4 atom stereocenters. The number of nitrogens with zero attached hydrogens (tertiary/aromatic N) is 8. The van der Waals surface area contributed by atoms with Crippen LogP contribution in [0.15, 0.2) is 47.3 Å². The van der Waals surface area contributed by atoms with Gasteiger partial charge in [-0.3, -0.25) is 28.3 Å². The maximum atomic E-state index is 12.2. The number of fused-ring (bicyclic) bond motifs is 2. The summed E-state index contributed by atoms with van der Waals surface area (Å²) in [6, 6.07) is -0.485. The van der Waals surface area contributed by atoms with Crippen molar-refractivity contribution in [2.75, 3.05) is 13.1 Å². The fourth-order valence-electron chi connectivity index (χ4n) is 5.32. The van der Waals surface area contributed by atoms with Crippen molar-refractivity contribution in [2.24, 2.45) is 0 Å². The molecule has 0 amide bonds. The van der Waals surface area contributed by atoms with Gasteiger partial charge >= 0.3 is 0 Å². The van der Waals surface area contributed by atoms with Crippen LogP contribution >= 0.6 is 0 Å². The van der Waals surface area contributed by atoms with Crippen LogP contribution in [0.1, 0.15) is 38.5 Å². The van der Waals surface area contributed by atoms with Crippen molar-refractivity contribution in [3.8, 4) is 0 Å². The van der Waals surface area contributed by atoms with Crippen LogP contribution in [0.4, 0.5) is 0 Å². The molecule has 2 aliphatic rings. The monoisotopic (exact) mass is 606 g/mol. The summed E-state index contributed by atoms with van der Waals surface area (Å²) in [6.07, 6.45) is 10.6. The minimum atomic E-state index is -0.517. The Kier molecular flexibility index (Phi) is 10.2. The van der Waals surface area contributed by atoms with Crippen LogP contribution in [0.5, 0.6) is 0 Å². The van der Waals surface area contributed by atoms with Crippen molar-refractivity contribution < 1.29 is 19.8 Å². The average molecular weight is 607 g/mol. The third kappa shape index (κ3) is 7.57. The first-order chi connectivity index (χ1) is 21.3. The quantitative estimate of drug-likeness (QED) is 0.180. The van der Waals surface area contributed by atoms with Crippen LogP contribution in [0.25, 0.3) is 22.1 Å². The molecule has 2 saturated heterocycles. The highest BCUT2D eigenvalue weighted by atomic mass is 16.3. The molecular formula is C28H34N10O6. The van der Waals surface area contributed by atoms with Crippen LogP contribution < -0.4 is 21.8 Å². The number of nitrogens with one attached hydrogen (secondary N) is 2. The number of aliphatic hydroxyl groups is 2. The van der Waals surface area contributed by atoms with Gasteiger partial charge in [0.05, 0.1) is 37.8 Å². The van der Waals surface area contributed by atoms with E-state index in [9.17, 15) is 29.4 Å². The van der Waals surface area contributed by atoms with Crippen molar-refractivity contribution in [3.63, 3.8) is 0 Å². The van der Waals surface area contributed by atoms with E-state index in [2.05, 4.69) is 40.5 Å². The van der Waals surface area contributed by atoms with E-state index in [1.54, 1.807) is 0 Å². The molecule has 4 N–H and O–H groups in total. The van der Waals surface area contributed by atoms with Gasteiger partial charge in [0, 0.05) is 31.1 Å². The number of hydrogen-bond acceptors (Lipinski definition) is 14. The molecular weight excluding hydrogens is 572 g/mol.